The van der Waals surface area contributed by atoms with Gasteiger partial charge in [-0.25, -0.2) is 0 Å². The van der Waals surface area contributed by atoms with Crippen molar-refractivity contribution < 1.29 is 0 Å². The number of rotatable bonds is 5. The number of hydrogen-bond acceptors (Lipinski definition) is 2. The van der Waals surface area contributed by atoms with Gasteiger partial charge in [0.15, 0.2) is 0 Å². The molecule has 0 bridgehead atoms. The number of pyridine rings is 1. The highest BCUT2D eigenvalue weighted by Crippen LogP contribution is 2.08. The minimum absolute atomic E-state index is 0.886. The molecule has 20 heavy (non-hydrogen) atoms. The monoisotopic (exact) mass is 284 g/mol. The van der Waals surface area contributed by atoms with Gasteiger partial charge in [0.25, 0.3) is 0 Å². The summed E-state index contributed by atoms with van der Waals surface area (Å²) < 4.78 is 0. The van der Waals surface area contributed by atoms with E-state index in [4.69, 9.17) is 0 Å². The van der Waals surface area contributed by atoms with Crippen molar-refractivity contribution in [3.05, 3.63) is 59.9 Å². The van der Waals surface area contributed by atoms with E-state index in [-0.39, 0.29) is 0 Å². The van der Waals surface area contributed by atoms with Crippen LogP contribution in [0.1, 0.15) is 11.3 Å². The third kappa shape index (κ3) is 4.29. The van der Waals surface area contributed by atoms with Crippen molar-refractivity contribution in [2.75, 3.05) is 7.05 Å². The first-order valence-corrected chi connectivity index (χ1v) is 10.6. The fourth-order valence-electron chi connectivity index (χ4n) is 2.25. The zero-order valence-corrected chi connectivity index (χ0v) is 13.9. The Balaban J connectivity index is 1.96. The maximum Gasteiger partial charge on any atom is 0.0775 e. The molecule has 0 unspecified atom stereocenters. The summed E-state index contributed by atoms with van der Waals surface area (Å²) in [6.45, 7) is 9.00. The highest BCUT2D eigenvalue weighted by atomic mass is 28.3. The van der Waals surface area contributed by atoms with Crippen LogP contribution in [0.25, 0.3) is 0 Å². The Kier molecular flexibility index (Phi) is 4.73. The van der Waals surface area contributed by atoms with E-state index in [0.29, 0.717) is 0 Å². The Bertz CT molecular complexity index is 529. The molecule has 3 heteroatoms. The highest BCUT2D eigenvalue weighted by Gasteiger charge is 2.15. The van der Waals surface area contributed by atoms with E-state index in [1.807, 2.05) is 18.3 Å². The maximum absolute atomic E-state index is 4.37. The quantitative estimate of drug-likeness (QED) is 0.784. The Hall–Kier alpha value is -1.45. The lowest BCUT2D eigenvalue weighted by Crippen LogP contribution is -2.37. The van der Waals surface area contributed by atoms with Crippen LogP contribution < -0.4 is 5.19 Å². The summed E-state index contributed by atoms with van der Waals surface area (Å²) in [6, 6.07) is 15.2. The summed E-state index contributed by atoms with van der Waals surface area (Å²) in [6.07, 6.45) is 1.85. The second-order valence-corrected chi connectivity index (χ2v) is 11.5. The van der Waals surface area contributed by atoms with Crippen LogP contribution in [0.3, 0.4) is 0 Å². The van der Waals surface area contributed by atoms with Gasteiger partial charge in [0.2, 0.25) is 0 Å². The highest BCUT2D eigenvalue weighted by molar-refractivity contribution is 6.88. The van der Waals surface area contributed by atoms with Gasteiger partial charge in [-0.1, -0.05) is 55.2 Å². The predicted octanol–water partition coefficient (Wildman–Crippen LogP) is 3.26. The Morgan fingerprint density at radius 2 is 1.65 bits per heavy atom. The number of aromatic nitrogens is 1. The van der Waals surface area contributed by atoms with E-state index in [2.05, 4.69) is 66.9 Å². The molecular formula is C17H24N2Si. The van der Waals surface area contributed by atoms with Gasteiger partial charge >= 0.3 is 0 Å². The van der Waals surface area contributed by atoms with Crippen LogP contribution in [0.15, 0.2) is 48.7 Å². The summed E-state index contributed by atoms with van der Waals surface area (Å²) in [5, 5.41) is 1.52. The van der Waals surface area contributed by atoms with Crippen molar-refractivity contribution in [2.45, 2.75) is 32.7 Å². The molecule has 0 radical (unpaired) electrons. The maximum atomic E-state index is 4.37. The molecule has 2 rings (SSSR count). The first kappa shape index (κ1) is 14.9. The van der Waals surface area contributed by atoms with Gasteiger partial charge in [-0.3, -0.25) is 9.88 Å². The van der Waals surface area contributed by atoms with Gasteiger partial charge in [-0.05, 0) is 24.7 Å². The fraction of sp³-hybridized carbons (Fsp3) is 0.353. The second-order valence-electron chi connectivity index (χ2n) is 6.44. The van der Waals surface area contributed by atoms with Gasteiger partial charge in [-0.2, -0.15) is 0 Å². The van der Waals surface area contributed by atoms with Crippen LogP contribution in [0.5, 0.6) is 0 Å². The van der Waals surface area contributed by atoms with Gasteiger partial charge in [0.05, 0.1) is 13.8 Å². The van der Waals surface area contributed by atoms with E-state index in [9.17, 15) is 0 Å². The van der Waals surface area contributed by atoms with Crippen LogP contribution in [0.4, 0.5) is 0 Å². The second kappa shape index (κ2) is 6.33. The number of hydrogen-bond donors (Lipinski definition) is 0. The normalized spacial score (nSPS) is 11.8. The average Bonchev–Trinajstić information content (AvgIpc) is 2.39. The molecule has 0 atom stereocenters. The molecule has 1 aromatic carbocycles. The number of nitrogens with zero attached hydrogens (tertiary/aromatic N) is 2. The van der Waals surface area contributed by atoms with Crippen molar-refractivity contribution in [1.82, 2.24) is 9.88 Å². The minimum Gasteiger partial charge on any atom is -0.296 e. The van der Waals surface area contributed by atoms with Crippen molar-refractivity contribution in [2.24, 2.45) is 0 Å². The van der Waals surface area contributed by atoms with Gasteiger partial charge in [0.1, 0.15) is 0 Å². The molecule has 0 spiro atoms. The lowest BCUT2D eigenvalue weighted by molar-refractivity contribution is 0.315. The summed E-state index contributed by atoms with van der Waals surface area (Å²) in [7, 11) is 0.959. The molecule has 1 aromatic heterocycles. The van der Waals surface area contributed by atoms with Crippen molar-refractivity contribution >= 4 is 13.3 Å². The molecule has 0 amide bonds. The standard InChI is InChI=1S/C17H24N2Si/c1-19(14-16-7-5-6-12-18-16)13-15-8-10-17(11-9-15)20(2,3)4/h5-12H,13-14H2,1-4H3. The zero-order valence-electron chi connectivity index (χ0n) is 12.9. The summed E-state index contributed by atoms with van der Waals surface area (Å²) in [5.41, 5.74) is 2.49. The Morgan fingerprint density at radius 1 is 0.950 bits per heavy atom. The first-order chi connectivity index (χ1) is 9.45. The summed E-state index contributed by atoms with van der Waals surface area (Å²) in [5.74, 6) is 0. The molecule has 0 fully saturated rings. The molecule has 2 nitrogen and oxygen atoms in total. The smallest absolute Gasteiger partial charge is 0.0775 e. The molecule has 0 aliphatic carbocycles. The lowest BCUT2D eigenvalue weighted by atomic mass is 10.2. The van der Waals surface area contributed by atoms with Gasteiger partial charge < -0.3 is 0 Å². The molecular weight excluding hydrogens is 260 g/mol. The molecule has 0 aliphatic rings. The Morgan fingerprint density at radius 3 is 2.20 bits per heavy atom. The van der Waals surface area contributed by atoms with Crippen molar-refractivity contribution in [1.29, 1.82) is 0 Å². The third-order valence-electron chi connectivity index (χ3n) is 3.43. The van der Waals surface area contributed by atoms with Crippen molar-refractivity contribution in [3.8, 4) is 0 Å². The van der Waals surface area contributed by atoms with E-state index in [1.165, 1.54) is 10.8 Å². The zero-order chi connectivity index (χ0) is 14.6. The van der Waals surface area contributed by atoms with Crippen LogP contribution >= 0.6 is 0 Å². The molecule has 0 aliphatic heterocycles. The van der Waals surface area contributed by atoms with Crippen molar-refractivity contribution in [3.63, 3.8) is 0 Å². The van der Waals surface area contributed by atoms with Gasteiger partial charge in [-0.15, -0.1) is 0 Å². The van der Waals surface area contributed by atoms with E-state index in [1.54, 1.807) is 0 Å². The molecule has 1 heterocycles. The molecule has 0 N–H and O–H groups in total. The largest absolute Gasteiger partial charge is 0.296 e. The van der Waals surface area contributed by atoms with Crippen LogP contribution in [-0.2, 0) is 13.1 Å². The third-order valence-corrected chi connectivity index (χ3v) is 5.50. The topological polar surface area (TPSA) is 16.1 Å². The molecule has 2 aromatic rings. The Labute approximate surface area is 123 Å². The fourth-order valence-corrected chi connectivity index (χ4v) is 3.41. The molecule has 0 saturated heterocycles. The minimum atomic E-state index is -1.18. The summed E-state index contributed by atoms with van der Waals surface area (Å²) >= 11 is 0. The molecule has 106 valence electrons. The first-order valence-electron chi connectivity index (χ1n) is 7.13. The van der Waals surface area contributed by atoms with E-state index in [0.717, 1.165) is 18.8 Å². The SMILES string of the molecule is CN(Cc1ccc([Si](C)(C)C)cc1)Cc1ccccn1. The summed E-state index contributed by atoms with van der Waals surface area (Å²) in [4.78, 5) is 6.67. The average molecular weight is 284 g/mol. The van der Waals surface area contributed by atoms with Crippen LogP contribution in [0, 0.1) is 0 Å². The van der Waals surface area contributed by atoms with Crippen LogP contribution in [-0.4, -0.2) is 25.0 Å². The van der Waals surface area contributed by atoms with Gasteiger partial charge in [0, 0.05) is 19.3 Å². The van der Waals surface area contributed by atoms with E-state index < -0.39 is 8.07 Å². The number of benzene rings is 1. The van der Waals surface area contributed by atoms with Crippen LogP contribution in [0.2, 0.25) is 19.6 Å². The predicted molar refractivity (Wildman–Crippen MR) is 88.8 cm³/mol. The van der Waals surface area contributed by atoms with E-state index >= 15 is 0 Å². The molecule has 0 saturated carbocycles. The lowest BCUT2D eigenvalue weighted by Gasteiger charge is -2.19.